The van der Waals surface area contributed by atoms with Crippen molar-refractivity contribution in [3.05, 3.63) is 83.2 Å². The molecule has 8 heteroatoms. The Morgan fingerprint density at radius 1 is 1.09 bits per heavy atom. The fourth-order valence-electron chi connectivity index (χ4n) is 4.12. The summed E-state index contributed by atoms with van der Waals surface area (Å²) in [5.74, 6) is 1.10. The van der Waals surface area contributed by atoms with E-state index in [4.69, 9.17) is 4.74 Å². The lowest BCUT2D eigenvalue weighted by Gasteiger charge is -2.28. The van der Waals surface area contributed by atoms with Gasteiger partial charge in [-0.2, -0.15) is 4.98 Å². The van der Waals surface area contributed by atoms with Gasteiger partial charge in [-0.05, 0) is 42.7 Å². The van der Waals surface area contributed by atoms with Crippen LogP contribution < -0.4 is 4.74 Å². The van der Waals surface area contributed by atoms with Gasteiger partial charge in [0.2, 0.25) is 0 Å². The van der Waals surface area contributed by atoms with Crippen LogP contribution in [-0.2, 0) is 29.9 Å². The molecule has 33 heavy (non-hydrogen) atoms. The second kappa shape index (κ2) is 10.9. The van der Waals surface area contributed by atoms with Gasteiger partial charge in [-0.25, -0.2) is 0 Å². The number of hydrogen-bond donors (Lipinski definition) is 1. The monoisotopic (exact) mass is 472 g/mol. The Bertz CT molecular complexity index is 1200. The van der Waals surface area contributed by atoms with Crippen LogP contribution in [0.25, 0.3) is 11.0 Å². The third-order valence-electron chi connectivity index (χ3n) is 5.98. The Balaban J connectivity index is 0.00000259. The Kier molecular flexibility index (Phi) is 7.93. The lowest BCUT2D eigenvalue weighted by molar-refractivity contribution is 0.195. The van der Waals surface area contributed by atoms with E-state index in [0.29, 0.717) is 17.5 Å². The van der Waals surface area contributed by atoms with Crippen molar-refractivity contribution in [3.63, 3.8) is 0 Å². The number of hydrogen-bond acceptors (Lipinski definition) is 5. The number of rotatable bonds is 7. The molecule has 1 N–H and O–H groups in total. The van der Waals surface area contributed by atoms with Gasteiger partial charge < -0.3 is 9.29 Å². The quantitative estimate of drug-likeness (QED) is 0.330. The first-order chi connectivity index (χ1) is 15.7. The van der Waals surface area contributed by atoms with Crippen molar-refractivity contribution in [2.24, 2.45) is 0 Å². The number of fused-ring (bicyclic) bond motifs is 2. The summed E-state index contributed by atoms with van der Waals surface area (Å²) in [6, 6.07) is 18.2. The highest BCUT2D eigenvalue weighted by molar-refractivity contribution is 7.90. The molecule has 4 aromatic rings. The largest absolute Gasteiger partial charge is 0.609 e. The number of H-pyrrole nitrogens is 1. The van der Waals surface area contributed by atoms with Crippen LogP contribution in [0, 0.1) is 6.92 Å². The zero-order valence-electron chi connectivity index (χ0n) is 18.1. The van der Waals surface area contributed by atoms with E-state index in [1.54, 1.807) is 6.20 Å². The average molecular weight is 473 g/mol. The molecule has 0 bridgehead atoms. The Morgan fingerprint density at radius 3 is 2.73 bits per heavy atom. The first kappa shape index (κ1) is 24.0. The second-order valence-corrected chi connectivity index (χ2v) is 9.44. The standard InChI is InChI=1S/C25H26N4O2S.Mg.2H/c1-18-23(17-32(30)25-27-21-8-4-5-9-22(21)28-25)26-12-10-24(18)31-15-14-29-13-11-19-6-2-3-7-20(19)16-29;;;/h2-10,12H,11,13-17H2,1H3,(H,27,28);;;. The van der Waals surface area contributed by atoms with Crippen molar-refractivity contribution in [2.45, 2.75) is 30.8 Å². The summed E-state index contributed by atoms with van der Waals surface area (Å²) < 4.78 is 19.0. The lowest BCUT2D eigenvalue weighted by atomic mass is 10.0. The van der Waals surface area contributed by atoms with E-state index < -0.39 is 11.2 Å². The number of pyridine rings is 1. The number of benzene rings is 2. The van der Waals surface area contributed by atoms with E-state index >= 15 is 0 Å². The normalized spacial score (nSPS) is 14.5. The zero-order valence-corrected chi connectivity index (χ0v) is 18.9. The molecule has 2 aromatic carbocycles. The molecule has 0 fully saturated rings. The highest BCUT2D eigenvalue weighted by Gasteiger charge is 2.21. The molecule has 0 saturated heterocycles. The summed E-state index contributed by atoms with van der Waals surface area (Å²) >= 11 is -1.31. The first-order valence-corrected chi connectivity index (χ1v) is 12.2. The van der Waals surface area contributed by atoms with Gasteiger partial charge in [0.15, 0.2) is 5.75 Å². The van der Waals surface area contributed by atoms with E-state index in [1.165, 1.54) is 11.1 Å². The number of nitrogens with zero attached hydrogens (tertiary/aromatic N) is 3. The maximum Gasteiger partial charge on any atom is 0.322 e. The van der Waals surface area contributed by atoms with Crippen molar-refractivity contribution in [3.8, 4) is 5.75 Å². The number of aromatic amines is 1. The molecule has 0 amide bonds. The second-order valence-electron chi connectivity index (χ2n) is 8.07. The van der Waals surface area contributed by atoms with Gasteiger partial charge >= 0.3 is 28.2 Å². The Hall–Kier alpha value is -2.10. The van der Waals surface area contributed by atoms with E-state index in [0.717, 1.165) is 54.1 Å². The van der Waals surface area contributed by atoms with Crippen LogP contribution in [0.4, 0.5) is 0 Å². The van der Waals surface area contributed by atoms with Gasteiger partial charge in [0.05, 0.1) is 16.7 Å². The number of aromatic nitrogens is 3. The molecule has 3 heterocycles. The molecule has 0 spiro atoms. The molecule has 1 atom stereocenters. The fourth-order valence-corrected chi connectivity index (χ4v) is 5.22. The van der Waals surface area contributed by atoms with Crippen LogP contribution in [0.5, 0.6) is 5.75 Å². The van der Waals surface area contributed by atoms with E-state index in [9.17, 15) is 4.55 Å². The third kappa shape index (κ3) is 5.52. The molecule has 2 aromatic heterocycles. The molecule has 0 aliphatic carbocycles. The summed E-state index contributed by atoms with van der Waals surface area (Å²) in [5, 5.41) is 0.476. The van der Waals surface area contributed by atoms with Crippen molar-refractivity contribution in [2.75, 3.05) is 19.7 Å². The maximum absolute atomic E-state index is 12.9. The molecule has 6 nitrogen and oxygen atoms in total. The molecule has 1 aliphatic rings. The average Bonchev–Trinajstić information content (AvgIpc) is 3.26. The van der Waals surface area contributed by atoms with Gasteiger partial charge in [-0.15, -0.1) is 0 Å². The van der Waals surface area contributed by atoms with Gasteiger partial charge in [-0.3, -0.25) is 14.9 Å². The highest BCUT2D eigenvalue weighted by Crippen LogP contribution is 2.24. The zero-order chi connectivity index (χ0) is 21.9. The van der Waals surface area contributed by atoms with E-state index in [2.05, 4.69) is 44.1 Å². The van der Waals surface area contributed by atoms with Crippen LogP contribution in [0.15, 0.2) is 66.0 Å². The summed E-state index contributed by atoms with van der Waals surface area (Å²) in [6.07, 6.45) is 2.81. The van der Waals surface area contributed by atoms with Crippen LogP contribution in [0.2, 0.25) is 0 Å². The Morgan fingerprint density at radius 2 is 1.88 bits per heavy atom. The van der Waals surface area contributed by atoms with E-state index in [1.807, 2.05) is 37.3 Å². The number of nitrogens with one attached hydrogen (secondary N) is 1. The molecule has 0 saturated carbocycles. The molecule has 0 radical (unpaired) electrons. The van der Waals surface area contributed by atoms with Crippen LogP contribution in [0.1, 0.15) is 22.4 Å². The third-order valence-corrected chi connectivity index (χ3v) is 7.14. The summed E-state index contributed by atoms with van der Waals surface area (Å²) in [5.41, 5.74) is 6.27. The Labute approximate surface area is 213 Å². The first-order valence-electron chi connectivity index (χ1n) is 10.9. The topological polar surface area (TPSA) is 77.1 Å². The number of para-hydroxylation sites is 2. The van der Waals surface area contributed by atoms with Crippen molar-refractivity contribution in [1.29, 1.82) is 0 Å². The van der Waals surface area contributed by atoms with Gasteiger partial charge in [0.25, 0.3) is 0 Å². The molecular weight excluding hydrogens is 445 g/mol. The van der Waals surface area contributed by atoms with Crippen molar-refractivity contribution in [1.82, 2.24) is 19.9 Å². The van der Waals surface area contributed by atoms with Crippen LogP contribution in [-0.4, -0.2) is 67.2 Å². The molecule has 168 valence electrons. The minimum Gasteiger partial charge on any atom is -0.609 e. The molecule has 1 aliphatic heterocycles. The maximum atomic E-state index is 12.9. The summed E-state index contributed by atoms with van der Waals surface area (Å²) in [4.78, 5) is 14.5. The van der Waals surface area contributed by atoms with Crippen molar-refractivity contribution >= 4 is 45.3 Å². The fraction of sp³-hybridized carbons (Fsp3) is 0.280. The molecule has 5 rings (SSSR count). The minimum atomic E-state index is -1.31. The SMILES string of the molecule is Cc1c(OCCN2CCc3ccccc3C2)ccnc1C[S+]([O-])c1nc2ccccc2[nH]1.[MgH2]. The number of ether oxygens (including phenoxy) is 1. The smallest absolute Gasteiger partial charge is 0.322 e. The lowest BCUT2D eigenvalue weighted by Crippen LogP contribution is -2.33. The van der Waals surface area contributed by atoms with Crippen molar-refractivity contribution < 1.29 is 9.29 Å². The minimum absolute atomic E-state index is 0. The molecule has 1 unspecified atom stereocenters. The molecular formula is C25H28MgN4O2S. The van der Waals surface area contributed by atoms with Gasteiger partial charge in [0.1, 0.15) is 12.4 Å². The van der Waals surface area contributed by atoms with Crippen LogP contribution in [0.3, 0.4) is 0 Å². The number of imidazole rings is 1. The summed E-state index contributed by atoms with van der Waals surface area (Å²) in [7, 11) is 0. The predicted octanol–water partition coefficient (Wildman–Crippen LogP) is 3.10. The summed E-state index contributed by atoms with van der Waals surface area (Å²) in [6.45, 7) is 5.48. The van der Waals surface area contributed by atoms with Gasteiger partial charge in [0, 0.05) is 42.6 Å². The highest BCUT2D eigenvalue weighted by atomic mass is 32.2. The predicted molar refractivity (Wildman–Crippen MR) is 135 cm³/mol. The van der Waals surface area contributed by atoms with Gasteiger partial charge in [-0.1, -0.05) is 36.4 Å². The van der Waals surface area contributed by atoms with E-state index in [-0.39, 0.29) is 23.1 Å². The van der Waals surface area contributed by atoms with Crippen LogP contribution >= 0.6 is 0 Å².